The van der Waals surface area contributed by atoms with Crippen molar-refractivity contribution in [3.63, 3.8) is 0 Å². The second-order valence-corrected chi connectivity index (χ2v) is 5.64. The topological polar surface area (TPSA) is 143 Å². The first-order valence-electron chi connectivity index (χ1n) is 8.33. The average molecular weight is 370 g/mol. The molecule has 1 atom stereocenters. The van der Waals surface area contributed by atoms with Crippen LogP contribution in [0.4, 0.5) is 0 Å². The van der Waals surface area contributed by atoms with Crippen LogP contribution in [0.5, 0.6) is 17.4 Å². The number of benzene rings is 1. The predicted octanol–water partition coefficient (Wildman–Crippen LogP) is 1.08. The van der Waals surface area contributed by atoms with E-state index in [2.05, 4.69) is 9.97 Å². The third-order valence-corrected chi connectivity index (χ3v) is 4.02. The van der Waals surface area contributed by atoms with Gasteiger partial charge in [0, 0.05) is 5.56 Å². The zero-order valence-electron chi connectivity index (χ0n) is 14.8. The number of nitrogens with one attached hydrogen (secondary N) is 2. The molecule has 4 N–H and O–H groups in total. The van der Waals surface area contributed by atoms with E-state index in [1.54, 1.807) is 18.2 Å². The second-order valence-electron chi connectivity index (χ2n) is 5.64. The maximum absolute atomic E-state index is 12.5. The smallest absolute Gasteiger partial charge is 0.328 e. The van der Waals surface area contributed by atoms with E-state index in [1.807, 2.05) is 19.9 Å². The van der Waals surface area contributed by atoms with Crippen LogP contribution in [-0.4, -0.2) is 23.2 Å². The third kappa shape index (κ3) is 3.25. The Balaban J connectivity index is 2.32. The Kier molecular flexibility index (Phi) is 4.90. The zero-order valence-corrected chi connectivity index (χ0v) is 14.8. The van der Waals surface area contributed by atoms with Crippen LogP contribution in [0.3, 0.4) is 0 Å². The molecular formula is C18H18N4O5. The normalized spacial score (nSPS) is 15.5. The highest BCUT2D eigenvalue weighted by molar-refractivity contribution is 5.57. The Hall–Kier alpha value is -3.67. The standard InChI is InChI=1S/C18H18N4O5/c1-3-25-9-5-6-12(26-4-2)10(7-9)13-11(8-19)15(20)27-17-14(13)16(23)21-18(24)22-17/h5-7,13H,3-4,20H2,1-2H3,(H2,21,22,23,24). The number of nitrogens with zero attached hydrogens (tertiary/aromatic N) is 1. The van der Waals surface area contributed by atoms with Crippen molar-refractivity contribution in [1.29, 1.82) is 5.26 Å². The Morgan fingerprint density at radius 1 is 1.22 bits per heavy atom. The first-order chi connectivity index (χ1) is 13.0. The molecule has 1 unspecified atom stereocenters. The summed E-state index contributed by atoms with van der Waals surface area (Å²) in [5.74, 6) is -0.179. The highest BCUT2D eigenvalue weighted by Crippen LogP contribution is 2.43. The monoisotopic (exact) mass is 370 g/mol. The fraction of sp³-hybridized carbons (Fsp3) is 0.278. The molecule has 0 saturated heterocycles. The molecule has 9 nitrogen and oxygen atoms in total. The molecule has 0 amide bonds. The highest BCUT2D eigenvalue weighted by atomic mass is 16.5. The SMILES string of the molecule is CCOc1ccc(OCC)c(C2C(C#N)=C(N)Oc3[nH]c(=O)[nH]c(=O)c32)c1. The third-order valence-electron chi connectivity index (χ3n) is 4.02. The van der Waals surface area contributed by atoms with E-state index < -0.39 is 17.2 Å². The molecule has 0 aliphatic carbocycles. The Morgan fingerprint density at radius 3 is 2.63 bits per heavy atom. The van der Waals surface area contributed by atoms with E-state index in [1.165, 1.54) is 0 Å². The Bertz CT molecular complexity index is 1060. The number of nitriles is 1. The van der Waals surface area contributed by atoms with E-state index in [9.17, 15) is 14.9 Å². The van der Waals surface area contributed by atoms with Gasteiger partial charge in [-0.25, -0.2) is 4.79 Å². The van der Waals surface area contributed by atoms with Gasteiger partial charge in [0.15, 0.2) is 0 Å². The Morgan fingerprint density at radius 2 is 1.96 bits per heavy atom. The molecule has 1 aromatic heterocycles. The molecule has 9 heteroatoms. The van der Waals surface area contributed by atoms with Crippen LogP contribution < -0.4 is 31.2 Å². The summed E-state index contributed by atoms with van der Waals surface area (Å²) in [6.45, 7) is 4.47. The van der Waals surface area contributed by atoms with Gasteiger partial charge in [0.25, 0.3) is 5.56 Å². The molecule has 0 radical (unpaired) electrons. The minimum Gasteiger partial charge on any atom is -0.494 e. The lowest BCUT2D eigenvalue weighted by atomic mass is 9.84. The van der Waals surface area contributed by atoms with Gasteiger partial charge in [0.2, 0.25) is 11.8 Å². The fourth-order valence-electron chi connectivity index (χ4n) is 3.00. The molecule has 2 aromatic rings. The number of ether oxygens (including phenoxy) is 3. The maximum atomic E-state index is 12.5. The van der Waals surface area contributed by atoms with Crippen LogP contribution in [0.2, 0.25) is 0 Å². The molecule has 1 aromatic carbocycles. The van der Waals surface area contributed by atoms with E-state index >= 15 is 0 Å². The molecule has 0 bridgehead atoms. The number of H-pyrrole nitrogens is 2. The lowest BCUT2D eigenvalue weighted by molar-refractivity contribution is 0.325. The van der Waals surface area contributed by atoms with Crippen molar-refractivity contribution in [3.8, 4) is 23.4 Å². The van der Waals surface area contributed by atoms with Gasteiger partial charge < -0.3 is 19.9 Å². The number of fused-ring (bicyclic) bond motifs is 1. The molecule has 140 valence electrons. The molecule has 0 saturated carbocycles. The zero-order chi connectivity index (χ0) is 19.6. The van der Waals surface area contributed by atoms with Gasteiger partial charge in [-0.1, -0.05) is 0 Å². The molecule has 1 aliphatic rings. The fourth-order valence-corrected chi connectivity index (χ4v) is 3.00. The number of aromatic amines is 2. The first kappa shape index (κ1) is 18.1. The Labute approximate surface area is 154 Å². The van der Waals surface area contributed by atoms with E-state index in [4.69, 9.17) is 19.9 Å². The molecular weight excluding hydrogens is 352 g/mol. The number of allylic oxidation sites excluding steroid dienone is 1. The van der Waals surface area contributed by atoms with E-state index in [0.29, 0.717) is 30.3 Å². The summed E-state index contributed by atoms with van der Waals surface area (Å²) in [6.07, 6.45) is 0. The van der Waals surface area contributed by atoms with Gasteiger partial charge in [-0.2, -0.15) is 5.26 Å². The van der Waals surface area contributed by atoms with Crippen molar-refractivity contribution in [2.24, 2.45) is 5.73 Å². The lowest BCUT2D eigenvalue weighted by Gasteiger charge is -2.26. The molecule has 3 rings (SSSR count). The van der Waals surface area contributed by atoms with Crippen LogP contribution >= 0.6 is 0 Å². The maximum Gasteiger partial charge on any atom is 0.328 e. The van der Waals surface area contributed by atoms with E-state index in [0.717, 1.165) is 0 Å². The van der Waals surface area contributed by atoms with Crippen LogP contribution in [0.25, 0.3) is 0 Å². The predicted molar refractivity (Wildman–Crippen MR) is 95.8 cm³/mol. The summed E-state index contributed by atoms with van der Waals surface area (Å²) in [5, 5.41) is 9.63. The van der Waals surface area contributed by atoms with Crippen molar-refractivity contribution < 1.29 is 14.2 Å². The quantitative estimate of drug-likeness (QED) is 0.714. The molecule has 0 spiro atoms. The lowest BCUT2D eigenvalue weighted by Crippen LogP contribution is -2.33. The molecule has 2 heterocycles. The second kappa shape index (κ2) is 7.29. The number of aromatic nitrogens is 2. The van der Waals surface area contributed by atoms with Gasteiger partial charge in [0.1, 0.15) is 23.1 Å². The van der Waals surface area contributed by atoms with Crippen LogP contribution in [0.15, 0.2) is 39.2 Å². The number of hydrogen-bond acceptors (Lipinski definition) is 7. The van der Waals surface area contributed by atoms with Gasteiger partial charge in [0.05, 0.1) is 24.7 Å². The largest absolute Gasteiger partial charge is 0.494 e. The van der Waals surface area contributed by atoms with Crippen molar-refractivity contribution in [1.82, 2.24) is 9.97 Å². The van der Waals surface area contributed by atoms with Gasteiger partial charge in [-0.05, 0) is 32.0 Å². The van der Waals surface area contributed by atoms with Crippen molar-refractivity contribution in [3.05, 3.63) is 61.6 Å². The van der Waals surface area contributed by atoms with Crippen LogP contribution in [0.1, 0.15) is 30.9 Å². The van der Waals surface area contributed by atoms with Crippen LogP contribution in [0, 0.1) is 11.3 Å². The minimum absolute atomic E-state index is 0.0367. The summed E-state index contributed by atoms with van der Waals surface area (Å²) >= 11 is 0. The van der Waals surface area contributed by atoms with Gasteiger partial charge in [-0.15, -0.1) is 0 Å². The molecule has 0 fully saturated rings. The van der Waals surface area contributed by atoms with Crippen LogP contribution in [-0.2, 0) is 0 Å². The minimum atomic E-state index is -0.888. The molecule has 1 aliphatic heterocycles. The number of rotatable bonds is 5. The summed E-state index contributed by atoms with van der Waals surface area (Å²) < 4.78 is 16.5. The van der Waals surface area contributed by atoms with Crippen molar-refractivity contribution in [2.45, 2.75) is 19.8 Å². The van der Waals surface area contributed by atoms with E-state index in [-0.39, 0.29) is 22.9 Å². The first-order valence-corrected chi connectivity index (χ1v) is 8.33. The number of hydrogen-bond donors (Lipinski definition) is 3. The molecule has 27 heavy (non-hydrogen) atoms. The summed E-state index contributed by atoms with van der Waals surface area (Å²) in [4.78, 5) is 28.7. The summed E-state index contributed by atoms with van der Waals surface area (Å²) in [6, 6.07) is 7.11. The highest BCUT2D eigenvalue weighted by Gasteiger charge is 2.36. The van der Waals surface area contributed by atoms with Crippen molar-refractivity contribution >= 4 is 0 Å². The van der Waals surface area contributed by atoms with Gasteiger partial charge in [-0.3, -0.25) is 14.8 Å². The summed E-state index contributed by atoms with van der Waals surface area (Å²) in [7, 11) is 0. The van der Waals surface area contributed by atoms with Crippen molar-refractivity contribution in [2.75, 3.05) is 13.2 Å². The summed E-state index contributed by atoms with van der Waals surface area (Å²) in [5.41, 5.74) is 5.07. The van der Waals surface area contributed by atoms with Gasteiger partial charge >= 0.3 is 5.69 Å². The average Bonchev–Trinajstić information content (AvgIpc) is 2.62. The number of nitrogens with two attached hydrogens (primary N) is 1.